The number of esters is 1. The van der Waals surface area contributed by atoms with Gasteiger partial charge >= 0.3 is 5.97 Å². The molecule has 0 spiro atoms. The van der Waals surface area contributed by atoms with Gasteiger partial charge in [-0.1, -0.05) is 31.5 Å². The molecule has 29 heavy (non-hydrogen) atoms. The van der Waals surface area contributed by atoms with E-state index in [9.17, 15) is 9.59 Å². The molecule has 5 nitrogen and oxygen atoms in total. The molecule has 0 radical (unpaired) electrons. The Morgan fingerprint density at radius 1 is 1.14 bits per heavy atom. The summed E-state index contributed by atoms with van der Waals surface area (Å²) in [7, 11) is 3.00. The highest BCUT2D eigenvalue weighted by Gasteiger charge is 2.44. The Labute approximate surface area is 169 Å². The molecule has 1 aliphatic carbocycles. The van der Waals surface area contributed by atoms with Crippen molar-refractivity contribution < 1.29 is 18.7 Å². The number of carbonyl (C=O) groups is 1. The van der Waals surface area contributed by atoms with Crippen LogP contribution in [-0.2, 0) is 11.2 Å². The summed E-state index contributed by atoms with van der Waals surface area (Å²) in [4.78, 5) is 25.1. The fraction of sp³-hybridized carbons (Fsp3) is 0.333. The lowest BCUT2D eigenvalue weighted by Gasteiger charge is -2.11. The van der Waals surface area contributed by atoms with Crippen LogP contribution in [0.1, 0.15) is 58.8 Å². The third kappa shape index (κ3) is 3.41. The van der Waals surface area contributed by atoms with Gasteiger partial charge < -0.3 is 13.9 Å². The molecule has 3 aromatic rings. The minimum atomic E-state index is -0.467. The first-order chi connectivity index (χ1) is 14.1. The molecule has 5 heteroatoms. The van der Waals surface area contributed by atoms with Crippen LogP contribution in [0.2, 0.25) is 0 Å². The van der Waals surface area contributed by atoms with Crippen molar-refractivity contribution in [3.05, 3.63) is 75.1 Å². The molecule has 0 saturated heterocycles. The molecule has 1 fully saturated rings. The Balaban J connectivity index is 1.80. The van der Waals surface area contributed by atoms with Gasteiger partial charge in [0.25, 0.3) is 0 Å². The van der Waals surface area contributed by atoms with E-state index in [1.807, 2.05) is 25.1 Å². The second-order valence-corrected chi connectivity index (χ2v) is 7.42. The van der Waals surface area contributed by atoms with Gasteiger partial charge in [0.1, 0.15) is 17.1 Å². The van der Waals surface area contributed by atoms with Crippen LogP contribution < -0.4 is 10.2 Å². The van der Waals surface area contributed by atoms with Crippen molar-refractivity contribution in [2.75, 3.05) is 14.2 Å². The SMILES string of the molecule is CCCc1c(C2CC2c2ccccc2OC)oc2ccc(C(=O)OC)cc2c1=O. The number of ether oxygens (including phenoxy) is 2. The van der Waals surface area contributed by atoms with Crippen molar-refractivity contribution in [3.63, 3.8) is 0 Å². The summed E-state index contributed by atoms with van der Waals surface area (Å²) >= 11 is 0. The number of methoxy groups -OCH3 is 2. The van der Waals surface area contributed by atoms with Crippen molar-refractivity contribution in [1.82, 2.24) is 0 Å². The Hall–Kier alpha value is -3.08. The van der Waals surface area contributed by atoms with Crippen molar-refractivity contribution in [3.8, 4) is 5.75 Å². The molecule has 1 heterocycles. The number of hydrogen-bond acceptors (Lipinski definition) is 5. The Kier molecular flexibility index (Phi) is 5.14. The minimum absolute atomic E-state index is 0.0560. The van der Waals surface area contributed by atoms with E-state index in [4.69, 9.17) is 13.9 Å². The molecule has 0 bridgehead atoms. The van der Waals surface area contributed by atoms with E-state index in [2.05, 4.69) is 6.07 Å². The molecular formula is C24H24O5. The normalized spacial score (nSPS) is 17.9. The highest BCUT2D eigenvalue weighted by Crippen LogP contribution is 2.57. The number of carbonyl (C=O) groups excluding carboxylic acids is 1. The molecule has 2 aromatic carbocycles. The van der Waals surface area contributed by atoms with Gasteiger partial charge in [0.15, 0.2) is 5.43 Å². The molecule has 4 rings (SSSR count). The number of rotatable bonds is 6. The molecule has 1 aromatic heterocycles. The molecule has 0 aliphatic heterocycles. The monoisotopic (exact) mass is 392 g/mol. The minimum Gasteiger partial charge on any atom is -0.496 e. The van der Waals surface area contributed by atoms with Crippen LogP contribution in [0.5, 0.6) is 5.75 Å². The van der Waals surface area contributed by atoms with Gasteiger partial charge in [0.05, 0.1) is 25.2 Å². The summed E-state index contributed by atoms with van der Waals surface area (Å²) < 4.78 is 16.5. The van der Waals surface area contributed by atoms with E-state index >= 15 is 0 Å². The van der Waals surface area contributed by atoms with E-state index in [0.29, 0.717) is 28.5 Å². The lowest BCUT2D eigenvalue weighted by molar-refractivity contribution is 0.0601. The van der Waals surface area contributed by atoms with Gasteiger partial charge in [-0.2, -0.15) is 0 Å². The zero-order valence-electron chi connectivity index (χ0n) is 16.9. The summed E-state index contributed by atoms with van der Waals surface area (Å²) in [5.41, 5.74) is 2.65. The molecule has 2 unspecified atom stereocenters. The zero-order valence-corrected chi connectivity index (χ0v) is 16.9. The predicted molar refractivity (Wildman–Crippen MR) is 111 cm³/mol. The van der Waals surface area contributed by atoms with Crippen molar-refractivity contribution in [1.29, 1.82) is 0 Å². The lowest BCUT2D eigenvalue weighted by atomic mass is 10.00. The van der Waals surface area contributed by atoms with Crippen LogP contribution >= 0.6 is 0 Å². The van der Waals surface area contributed by atoms with E-state index in [1.165, 1.54) is 7.11 Å². The first kappa shape index (κ1) is 19.2. The quantitative estimate of drug-likeness (QED) is 0.563. The average molecular weight is 392 g/mol. The summed E-state index contributed by atoms with van der Waals surface area (Å²) in [6.45, 7) is 2.04. The maximum absolute atomic E-state index is 13.3. The Morgan fingerprint density at radius 3 is 2.66 bits per heavy atom. The van der Waals surface area contributed by atoms with Gasteiger partial charge in [0.2, 0.25) is 0 Å². The van der Waals surface area contributed by atoms with Gasteiger partial charge in [-0.25, -0.2) is 4.79 Å². The van der Waals surface area contributed by atoms with Crippen LogP contribution in [0.3, 0.4) is 0 Å². The largest absolute Gasteiger partial charge is 0.496 e. The van der Waals surface area contributed by atoms with Crippen LogP contribution in [0.4, 0.5) is 0 Å². The Morgan fingerprint density at radius 2 is 1.93 bits per heavy atom. The maximum atomic E-state index is 13.3. The highest BCUT2D eigenvalue weighted by atomic mass is 16.5. The number of para-hydroxylation sites is 1. The van der Waals surface area contributed by atoms with E-state index < -0.39 is 5.97 Å². The summed E-state index contributed by atoms with van der Waals surface area (Å²) in [5, 5.41) is 0.426. The van der Waals surface area contributed by atoms with Crippen molar-refractivity contribution >= 4 is 16.9 Å². The fourth-order valence-electron chi connectivity index (χ4n) is 4.08. The first-order valence-corrected chi connectivity index (χ1v) is 9.89. The van der Waals surface area contributed by atoms with Crippen molar-refractivity contribution in [2.24, 2.45) is 0 Å². The van der Waals surface area contributed by atoms with Crippen LogP contribution in [0.25, 0.3) is 11.0 Å². The second kappa shape index (κ2) is 7.74. The standard InChI is InChI=1S/C24H24O5/c1-4-7-16-22(25)19-12-14(24(26)28-3)10-11-21(19)29-23(16)18-13-17(18)15-8-5-6-9-20(15)27-2/h5-6,8-12,17-18H,4,7,13H2,1-3H3. The van der Waals surface area contributed by atoms with E-state index in [0.717, 1.165) is 29.9 Å². The van der Waals surface area contributed by atoms with Gasteiger partial charge in [-0.15, -0.1) is 0 Å². The first-order valence-electron chi connectivity index (χ1n) is 9.89. The van der Waals surface area contributed by atoms with E-state index in [1.54, 1.807) is 25.3 Å². The van der Waals surface area contributed by atoms with E-state index in [-0.39, 0.29) is 17.3 Å². The van der Waals surface area contributed by atoms with Crippen LogP contribution in [0.15, 0.2) is 51.7 Å². The number of benzene rings is 2. The third-order valence-corrected chi connectivity index (χ3v) is 5.60. The molecule has 0 amide bonds. The smallest absolute Gasteiger partial charge is 0.337 e. The topological polar surface area (TPSA) is 65.7 Å². The summed E-state index contributed by atoms with van der Waals surface area (Å²) in [6, 6.07) is 12.9. The number of hydrogen-bond donors (Lipinski definition) is 0. The summed E-state index contributed by atoms with van der Waals surface area (Å²) in [5.74, 6) is 1.60. The molecule has 0 N–H and O–H groups in total. The molecule has 2 atom stereocenters. The third-order valence-electron chi connectivity index (χ3n) is 5.60. The predicted octanol–water partition coefficient (Wildman–Crippen LogP) is 4.81. The maximum Gasteiger partial charge on any atom is 0.337 e. The van der Waals surface area contributed by atoms with Gasteiger partial charge in [-0.3, -0.25) is 4.79 Å². The lowest BCUT2D eigenvalue weighted by Crippen LogP contribution is -2.14. The zero-order chi connectivity index (χ0) is 20.5. The van der Waals surface area contributed by atoms with Gasteiger partial charge in [0, 0.05) is 11.5 Å². The number of fused-ring (bicyclic) bond motifs is 1. The van der Waals surface area contributed by atoms with Crippen LogP contribution in [0, 0.1) is 0 Å². The second-order valence-electron chi connectivity index (χ2n) is 7.42. The molecule has 1 aliphatic rings. The highest BCUT2D eigenvalue weighted by molar-refractivity contribution is 5.94. The molecule has 150 valence electrons. The summed E-state index contributed by atoms with van der Waals surface area (Å²) in [6.07, 6.45) is 2.41. The van der Waals surface area contributed by atoms with Gasteiger partial charge in [-0.05, 0) is 48.6 Å². The molecular weight excluding hydrogens is 368 g/mol. The van der Waals surface area contributed by atoms with Crippen LogP contribution in [-0.4, -0.2) is 20.2 Å². The average Bonchev–Trinajstić information content (AvgIpc) is 3.55. The molecule has 1 saturated carbocycles. The van der Waals surface area contributed by atoms with Crippen molar-refractivity contribution in [2.45, 2.75) is 38.0 Å². The Bertz CT molecular complexity index is 1130. The fourth-order valence-corrected chi connectivity index (χ4v) is 4.08.